The van der Waals surface area contributed by atoms with Crippen LogP contribution in [0.3, 0.4) is 0 Å². The number of ether oxygens (including phenoxy) is 4. The largest absolute Gasteiger partial charge is 0.387 e. The van der Waals surface area contributed by atoms with Gasteiger partial charge in [0.05, 0.1) is 12.7 Å². The first-order valence-electron chi connectivity index (χ1n) is 10.4. The van der Waals surface area contributed by atoms with Crippen LogP contribution in [0.25, 0.3) is 10.9 Å². The lowest BCUT2D eigenvalue weighted by Crippen LogP contribution is -2.48. The van der Waals surface area contributed by atoms with E-state index in [1.165, 1.54) is 10.9 Å². The van der Waals surface area contributed by atoms with E-state index in [0.717, 1.165) is 5.52 Å². The maximum atomic E-state index is 11.2. The Hall–Kier alpha value is -1.44. The smallest absolute Gasteiger partial charge is 0.163 e. The second kappa shape index (κ2) is 7.36. The van der Waals surface area contributed by atoms with Gasteiger partial charge in [0.15, 0.2) is 12.1 Å². The van der Waals surface area contributed by atoms with Gasteiger partial charge in [0, 0.05) is 23.0 Å². The van der Waals surface area contributed by atoms with Crippen molar-refractivity contribution in [1.29, 1.82) is 0 Å². The van der Waals surface area contributed by atoms with Gasteiger partial charge in [-0.1, -0.05) is 39.0 Å². The Kier molecular flexibility index (Phi) is 5.28. The van der Waals surface area contributed by atoms with Gasteiger partial charge in [-0.15, -0.1) is 0 Å². The maximum absolute atomic E-state index is 11.2. The third-order valence-electron chi connectivity index (χ3n) is 5.96. The Bertz CT molecular complexity index is 854. The molecule has 0 aliphatic carbocycles. The van der Waals surface area contributed by atoms with Crippen LogP contribution < -0.4 is 0 Å². The third kappa shape index (κ3) is 3.97. The van der Waals surface area contributed by atoms with Crippen LogP contribution in [0.2, 0.25) is 0 Å². The minimum atomic E-state index is -0.846. The fourth-order valence-electron chi connectivity index (χ4n) is 4.77. The molecule has 29 heavy (non-hydrogen) atoms. The van der Waals surface area contributed by atoms with Crippen LogP contribution >= 0.6 is 0 Å². The highest BCUT2D eigenvalue weighted by atomic mass is 16.8. The van der Waals surface area contributed by atoms with Crippen LogP contribution in [0.4, 0.5) is 0 Å². The van der Waals surface area contributed by atoms with Crippen molar-refractivity contribution in [3.8, 4) is 0 Å². The van der Waals surface area contributed by atoms with E-state index in [1.807, 2.05) is 32.9 Å². The van der Waals surface area contributed by atoms with E-state index in [0.29, 0.717) is 6.61 Å². The van der Waals surface area contributed by atoms with Crippen molar-refractivity contribution in [3.05, 3.63) is 36.0 Å². The zero-order chi connectivity index (χ0) is 21.0. The van der Waals surface area contributed by atoms with Gasteiger partial charge in [0.25, 0.3) is 0 Å². The summed E-state index contributed by atoms with van der Waals surface area (Å²) in [4.78, 5) is 3.39. The number of aliphatic hydroxyl groups excluding tert-OH is 1. The third-order valence-corrected chi connectivity index (χ3v) is 5.96. The molecule has 2 N–H and O–H groups in total. The molecule has 6 unspecified atom stereocenters. The Labute approximate surface area is 172 Å². The molecule has 6 heteroatoms. The Morgan fingerprint density at radius 3 is 2.48 bits per heavy atom. The van der Waals surface area contributed by atoms with Gasteiger partial charge in [-0.2, -0.15) is 0 Å². The highest BCUT2D eigenvalue weighted by molar-refractivity contribution is 5.83. The van der Waals surface area contributed by atoms with E-state index >= 15 is 0 Å². The van der Waals surface area contributed by atoms with E-state index in [2.05, 4.69) is 44.1 Å². The highest BCUT2D eigenvalue weighted by Crippen LogP contribution is 2.48. The van der Waals surface area contributed by atoms with Crippen LogP contribution in [-0.2, 0) is 18.9 Å². The van der Waals surface area contributed by atoms with Crippen molar-refractivity contribution < 1.29 is 24.1 Å². The molecule has 2 aromatic rings. The molecule has 2 aliphatic rings. The van der Waals surface area contributed by atoms with Gasteiger partial charge in [-0.3, -0.25) is 0 Å². The summed E-state index contributed by atoms with van der Waals surface area (Å²) < 4.78 is 23.9. The van der Waals surface area contributed by atoms with Crippen LogP contribution in [-0.4, -0.2) is 53.2 Å². The summed E-state index contributed by atoms with van der Waals surface area (Å²) in [5.74, 6) is -0.795. The summed E-state index contributed by atoms with van der Waals surface area (Å²) in [7, 11) is 0. The molecule has 160 valence electrons. The number of benzene rings is 1. The zero-order valence-corrected chi connectivity index (χ0v) is 18.1. The standard InChI is InChI=1S/C23H33NO5/c1-13-26-12-17(27-13)19(25)21-20(28-23(5,6)29-21)18(22(2,3)4)15-11-24-16-10-8-7-9-14(15)16/h7-11,13,17-21,24-25H,12H2,1-6H3. The second-order valence-corrected chi connectivity index (χ2v) is 9.76. The number of H-pyrrole nitrogens is 1. The summed E-state index contributed by atoms with van der Waals surface area (Å²) >= 11 is 0. The van der Waals surface area contributed by atoms with Gasteiger partial charge in [0.1, 0.15) is 18.3 Å². The monoisotopic (exact) mass is 403 g/mol. The van der Waals surface area contributed by atoms with Gasteiger partial charge >= 0.3 is 0 Å². The zero-order valence-electron chi connectivity index (χ0n) is 18.1. The number of hydrogen-bond donors (Lipinski definition) is 2. The maximum Gasteiger partial charge on any atom is 0.163 e. The molecule has 0 bridgehead atoms. The number of fused-ring (bicyclic) bond motifs is 1. The first-order valence-corrected chi connectivity index (χ1v) is 10.4. The average Bonchev–Trinajstić information content (AvgIpc) is 3.31. The minimum absolute atomic E-state index is 0.000167. The molecule has 0 spiro atoms. The topological polar surface area (TPSA) is 72.9 Å². The van der Waals surface area contributed by atoms with Crippen molar-refractivity contribution in [3.63, 3.8) is 0 Å². The fourth-order valence-corrected chi connectivity index (χ4v) is 4.77. The minimum Gasteiger partial charge on any atom is -0.387 e. The molecule has 2 saturated heterocycles. The Balaban J connectivity index is 1.74. The molecule has 6 atom stereocenters. The molecule has 2 fully saturated rings. The number of hydrogen-bond acceptors (Lipinski definition) is 5. The quantitative estimate of drug-likeness (QED) is 0.809. The van der Waals surface area contributed by atoms with Gasteiger partial charge < -0.3 is 29.0 Å². The van der Waals surface area contributed by atoms with E-state index in [1.54, 1.807) is 0 Å². The lowest BCUT2D eigenvalue weighted by molar-refractivity contribution is -0.165. The number of nitrogens with one attached hydrogen (secondary N) is 1. The van der Waals surface area contributed by atoms with Crippen LogP contribution in [0.1, 0.15) is 53.0 Å². The van der Waals surface area contributed by atoms with E-state index < -0.39 is 24.1 Å². The predicted molar refractivity (Wildman–Crippen MR) is 111 cm³/mol. The summed E-state index contributed by atoms with van der Waals surface area (Å²) in [5.41, 5.74) is 2.14. The number of aromatic amines is 1. The number of para-hydroxylation sites is 1. The molecule has 0 amide bonds. The van der Waals surface area contributed by atoms with Crippen molar-refractivity contribution in [2.24, 2.45) is 5.41 Å². The molecule has 0 radical (unpaired) electrons. The van der Waals surface area contributed by atoms with E-state index in [9.17, 15) is 5.11 Å². The van der Waals surface area contributed by atoms with Gasteiger partial charge in [-0.25, -0.2) is 0 Å². The Morgan fingerprint density at radius 1 is 1.14 bits per heavy atom. The lowest BCUT2D eigenvalue weighted by Gasteiger charge is -2.38. The summed E-state index contributed by atoms with van der Waals surface area (Å²) in [6.07, 6.45) is -0.396. The van der Waals surface area contributed by atoms with Gasteiger partial charge in [0.2, 0.25) is 0 Å². The number of rotatable bonds is 4. The SMILES string of the molecule is CC1OCC(C(O)C2OC(C)(C)OC2C(c2c[nH]c3ccccc23)C(C)(C)C)O1. The van der Waals surface area contributed by atoms with E-state index in [4.69, 9.17) is 18.9 Å². The lowest BCUT2D eigenvalue weighted by atomic mass is 9.71. The average molecular weight is 404 g/mol. The summed E-state index contributed by atoms with van der Waals surface area (Å²) in [5, 5.41) is 12.3. The van der Waals surface area contributed by atoms with E-state index in [-0.39, 0.29) is 23.7 Å². The van der Waals surface area contributed by atoms with Crippen molar-refractivity contribution in [1.82, 2.24) is 4.98 Å². The highest BCUT2D eigenvalue weighted by Gasteiger charge is 2.53. The molecular formula is C23H33NO5. The molecule has 3 heterocycles. The predicted octanol–water partition coefficient (Wildman–Crippen LogP) is 3.94. The van der Waals surface area contributed by atoms with Crippen molar-refractivity contribution >= 4 is 10.9 Å². The number of aliphatic hydroxyl groups is 1. The fraction of sp³-hybridized carbons (Fsp3) is 0.652. The molecule has 0 saturated carbocycles. The van der Waals surface area contributed by atoms with Crippen LogP contribution in [0.15, 0.2) is 30.5 Å². The normalized spacial score (nSPS) is 32.0. The molecular weight excluding hydrogens is 370 g/mol. The molecule has 2 aliphatic heterocycles. The van der Waals surface area contributed by atoms with Crippen LogP contribution in [0.5, 0.6) is 0 Å². The first kappa shape index (κ1) is 20.8. The van der Waals surface area contributed by atoms with Gasteiger partial charge in [-0.05, 0) is 37.8 Å². The summed E-state index contributed by atoms with van der Waals surface area (Å²) in [6, 6.07) is 8.28. The second-order valence-electron chi connectivity index (χ2n) is 9.76. The molecule has 1 aromatic carbocycles. The van der Waals surface area contributed by atoms with Crippen molar-refractivity contribution in [2.75, 3.05) is 6.61 Å². The Morgan fingerprint density at radius 2 is 1.83 bits per heavy atom. The number of aromatic nitrogens is 1. The molecule has 1 aromatic heterocycles. The van der Waals surface area contributed by atoms with Crippen molar-refractivity contribution in [2.45, 2.75) is 84.0 Å². The van der Waals surface area contributed by atoms with Crippen LogP contribution in [0, 0.1) is 5.41 Å². The summed E-state index contributed by atoms with van der Waals surface area (Å²) in [6.45, 7) is 12.6. The molecule has 6 nitrogen and oxygen atoms in total. The molecule has 4 rings (SSSR count). The first-order chi connectivity index (χ1) is 13.6.